The van der Waals surface area contributed by atoms with Crippen LogP contribution in [0.3, 0.4) is 0 Å². The number of ether oxygens (including phenoxy) is 1. The fourth-order valence-corrected chi connectivity index (χ4v) is 4.18. The number of aryl methyl sites for hydroxylation is 1. The van der Waals surface area contributed by atoms with E-state index in [0.717, 1.165) is 27.2 Å². The number of amides is 3. The summed E-state index contributed by atoms with van der Waals surface area (Å²) >= 11 is 1.43. The number of nitrogens with zero attached hydrogens (tertiary/aromatic N) is 2. The molecule has 0 bridgehead atoms. The maximum Gasteiger partial charge on any atom is 0.321 e. The highest BCUT2D eigenvalue weighted by atomic mass is 32.1. The number of urea groups is 1. The van der Waals surface area contributed by atoms with Crippen LogP contribution in [0.4, 0.5) is 15.6 Å². The highest BCUT2D eigenvalue weighted by Gasteiger charge is 2.31. The Morgan fingerprint density at radius 3 is 2.79 bits per heavy atom. The molecular formula is C20H20N4O3S. The molecule has 0 spiro atoms. The zero-order chi connectivity index (χ0) is 19.7. The van der Waals surface area contributed by atoms with E-state index in [1.165, 1.54) is 11.3 Å². The highest BCUT2D eigenvalue weighted by Crippen LogP contribution is 2.27. The summed E-state index contributed by atoms with van der Waals surface area (Å²) in [5, 5.41) is 6.17. The Kier molecular flexibility index (Phi) is 4.87. The third-order valence-electron chi connectivity index (χ3n) is 4.61. The SMILES string of the molecule is COc1ccc(N2C[C@H](NC(=O)Nc3nc4ccc(C)cc4s3)CC2=O)cc1. The molecule has 0 radical (unpaired) electrons. The molecule has 1 aliphatic heterocycles. The van der Waals surface area contributed by atoms with Gasteiger partial charge < -0.3 is 15.0 Å². The van der Waals surface area contributed by atoms with Gasteiger partial charge in [-0.2, -0.15) is 0 Å². The lowest BCUT2D eigenvalue weighted by atomic mass is 10.2. The molecule has 2 heterocycles. The summed E-state index contributed by atoms with van der Waals surface area (Å²) in [5.74, 6) is 0.710. The normalized spacial score (nSPS) is 16.4. The number of rotatable bonds is 4. The van der Waals surface area contributed by atoms with Crippen LogP contribution >= 0.6 is 11.3 Å². The summed E-state index contributed by atoms with van der Waals surface area (Å²) in [4.78, 5) is 30.8. The van der Waals surface area contributed by atoms with Gasteiger partial charge in [0.25, 0.3) is 0 Å². The van der Waals surface area contributed by atoms with Crippen LogP contribution in [0.25, 0.3) is 10.2 Å². The van der Waals surface area contributed by atoms with Crippen LogP contribution < -0.4 is 20.3 Å². The van der Waals surface area contributed by atoms with Crippen LogP contribution in [0.2, 0.25) is 0 Å². The number of carbonyl (C=O) groups excluding carboxylic acids is 2. The van der Waals surface area contributed by atoms with E-state index < -0.39 is 0 Å². The summed E-state index contributed by atoms with van der Waals surface area (Å²) in [6, 6.07) is 12.6. The molecule has 0 unspecified atom stereocenters. The molecule has 1 aromatic heterocycles. The third-order valence-corrected chi connectivity index (χ3v) is 5.54. The van der Waals surface area contributed by atoms with Gasteiger partial charge in [0.05, 0.1) is 23.4 Å². The van der Waals surface area contributed by atoms with Gasteiger partial charge in [0.2, 0.25) is 5.91 Å². The van der Waals surface area contributed by atoms with Gasteiger partial charge in [0.15, 0.2) is 5.13 Å². The van der Waals surface area contributed by atoms with Gasteiger partial charge in [0.1, 0.15) is 5.75 Å². The smallest absolute Gasteiger partial charge is 0.321 e. The maximum absolute atomic E-state index is 12.3. The van der Waals surface area contributed by atoms with Gasteiger partial charge in [-0.3, -0.25) is 10.1 Å². The van der Waals surface area contributed by atoms with Crippen LogP contribution in [-0.2, 0) is 4.79 Å². The highest BCUT2D eigenvalue weighted by molar-refractivity contribution is 7.22. The Balaban J connectivity index is 1.38. The Morgan fingerprint density at radius 1 is 1.25 bits per heavy atom. The molecule has 2 aromatic carbocycles. The molecule has 7 nitrogen and oxygen atoms in total. The maximum atomic E-state index is 12.3. The molecule has 1 fully saturated rings. The van der Waals surface area contributed by atoms with Crippen LogP contribution in [0, 0.1) is 6.92 Å². The fraction of sp³-hybridized carbons (Fsp3) is 0.250. The van der Waals surface area contributed by atoms with Crippen LogP contribution in [-0.4, -0.2) is 36.6 Å². The van der Waals surface area contributed by atoms with Crippen LogP contribution in [0.5, 0.6) is 5.75 Å². The van der Waals surface area contributed by atoms with Gasteiger partial charge in [0, 0.05) is 18.7 Å². The first kappa shape index (κ1) is 18.2. The van der Waals surface area contributed by atoms with Gasteiger partial charge in [-0.15, -0.1) is 0 Å². The summed E-state index contributed by atoms with van der Waals surface area (Å²) in [7, 11) is 1.60. The monoisotopic (exact) mass is 396 g/mol. The molecule has 4 rings (SSSR count). The van der Waals surface area contributed by atoms with Crippen molar-refractivity contribution in [2.45, 2.75) is 19.4 Å². The number of nitrogens with one attached hydrogen (secondary N) is 2. The minimum Gasteiger partial charge on any atom is -0.497 e. The number of hydrogen-bond donors (Lipinski definition) is 2. The van der Waals surface area contributed by atoms with Crippen molar-refractivity contribution in [1.29, 1.82) is 0 Å². The molecule has 0 aliphatic carbocycles. The average molecular weight is 396 g/mol. The predicted molar refractivity (Wildman–Crippen MR) is 110 cm³/mol. The quantitative estimate of drug-likeness (QED) is 0.707. The number of methoxy groups -OCH3 is 1. The molecule has 8 heteroatoms. The number of fused-ring (bicyclic) bond motifs is 1. The average Bonchev–Trinajstić information content (AvgIpc) is 3.23. The van der Waals surface area contributed by atoms with Crippen LogP contribution in [0.15, 0.2) is 42.5 Å². The van der Waals surface area contributed by atoms with E-state index in [0.29, 0.717) is 11.7 Å². The topological polar surface area (TPSA) is 83.6 Å². The van der Waals surface area contributed by atoms with Crippen molar-refractivity contribution in [3.63, 3.8) is 0 Å². The van der Waals surface area contributed by atoms with Crippen LogP contribution in [0.1, 0.15) is 12.0 Å². The van der Waals surface area contributed by atoms with Crippen molar-refractivity contribution in [2.75, 3.05) is 23.9 Å². The van der Waals surface area contributed by atoms with Gasteiger partial charge >= 0.3 is 6.03 Å². The van der Waals surface area contributed by atoms with Crippen molar-refractivity contribution in [3.05, 3.63) is 48.0 Å². The Morgan fingerprint density at radius 2 is 2.04 bits per heavy atom. The molecule has 28 heavy (non-hydrogen) atoms. The van der Waals surface area contributed by atoms with Crippen molar-refractivity contribution >= 4 is 44.3 Å². The van der Waals surface area contributed by atoms with Gasteiger partial charge in [-0.05, 0) is 48.9 Å². The second-order valence-electron chi connectivity index (χ2n) is 6.69. The van der Waals surface area contributed by atoms with E-state index in [1.54, 1.807) is 12.0 Å². The van der Waals surface area contributed by atoms with E-state index >= 15 is 0 Å². The Labute approximate surface area is 166 Å². The molecule has 3 amide bonds. The van der Waals surface area contributed by atoms with Gasteiger partial charge in [-0.25, -0.2) is 9.78 Å². The standard InChI is InChI=1S/C20H20N4O3S/c1-12-3-8-16-17(9-12)28-20(22-16)23-19(26)21-13-10-18(25)24(11-13)14-4-6-15(27-2)7-5-14/h3-9,13H,10-11H2,1-2H3,(H2,21,22,23,26)/t13-/m1/s1. The number of anilines is 2. The number of carbonyl (C=O) groups is 2. The summed E-state index contributed by atoms with van der Waals surface area (Å²) < 4.78 is 6.17. The molecule has 1 saturated heterocycles. The first-order chi connectivity index (χ1) is 13.5. The first-order valence-electron chi connectivity index (χ1n) is 8.91. The molecule has 3 aromatic rings. The van der Waals surface area contributed by atoms with Crippen molar-refractivity contribution in [1.82, 2.24) is 10.3 Å². The molecular weight excluding hydrogens is 376 g/mol. The van der Waals surface area contributed by atoms with E-state index in [2.05, 4.69) is 15.6 Å². The summed E-state index contributed by atoms with van der Waals surface area (Å²) in [5.41, 5.74) is 2.79. The predicted octanol–water partition coefficient (Wildman–Crippen LogP) is 3.54. The molecule has 0 saturated carbocycles. The number of thiazole rings is 1. The molecule has 144 valence electrons. The van der Waals surface area contributed by atoms with Gasteiger partial charge in [-0.1, -0.05) is 17.4 Å². The minimum atomic E-state index is -0.356. The van der Waals surface area contributed by atoms with E-state index in [4.69, 9.17) is 4.74 Å². The van der Waals surface area contributed by atoms with E-state index in [1.807, 2.05) is 49.4 Å². The fourth-order valence-electron chi connectivity index (χ4n) is 3.22. The van der Waals surface area contributed by atoms with Crippen molar-refractivity contribution < 1.29 is 14.3 Å². The lowest BCUT2D eigenvalue weighted by Crippen LogP contribution is -2.39. The lowest BCUT2D eigenvalue weighted by molar-refractivity contribution is -0.117. The largest absolute Gasteiger partial charge is 0.497 e. The first-order valence-corrected chi connectivity index (χ1v) is 9.72. The van der Waals surface area contributed by atoms with E-state index in [9.17, 15) is 9.59 Å². The molecule has 1 aliphatic rings. The Bertz CT molecular complexity index is 1030. The summed E-state index contributed by atoms with van der Waals surface area (Å²) in [6.45, 7) is 2.45. The molecule has 2 N–H and O–H groups in total. The second-order valence-corrected chi connectivity index (χ2v) is 7.72. The Hall–Kier alpha value is -3.13. The number of benzene rings is 2. The van der Waals surface area contributed by atoms with Crippen molar-refractivity contribution in [3.8, 4) is 5.75 Å². The number of aromatic nitrogens is 1. The van der Waals surface area contributed by atoms with E-state index in [-0.39, 0.29) is 24.4 Å². The lowest BCUT2D eigenvalue weighted by Gasteiger charge is -2.17. The zero-order valence-corrected chi connectivity index (χ0v) is 16.4. The second kappa shape index (κ2) is 7.47. The molecule has 1 atom stereocenters. The number of hydrogen-bond acceptors (Lipinski definition) is 5. The minimum absolute atomic E-state index is 0.0223. The zero-order valence-electron chi connectivity index (χ0n) is 15.6. The third kappa shape index (κ3) is 3.77. The van der Waals surface area contributed by atoms with Crippen molar-refractivity contribution in [2.24, 2.45) is 0 Å². The summed E-state index contributed by atoms with van der Waals surface area (Å²) in [6.07, 6.45) is 0.262.